The summed E-state index contributed by atoms with van der Waals surface area (Å²) in [7, 11) is 0. The molecule has 0 radical (unpaired) electrons. The summed E-state index contributed by atoms with van der Waals surface area (Å²) in [6.45, 7) is 1.54. The number of ether oxygens (including phenoxy) is 1. The zero-order chi connectivity index (χ0) is 18.6. The van der Waals surface area contributed by atoms with Gasteiger partial charge in [-0.1, -0.05) is 36.4 Å². The van der Waals surface area contributed by atoms with Gasteiger partial charge in [0.1, 0.15) is 11.6 Å². The van der Waals surface area contributed by atoms with E-state index in [9.17, 15) is 13.6 Å². The van der Waals surface area contributed by atoms with Crippen LogP contribution in [0.15, 0.2) is 48.5 Å². The molecule has 0 N–H and O–H groups in total. The highest BCUT2D eigenvalue weighted by Gasteiger charge is 2.64. The van der Waals surface area contributed by atoms with Crippen LogP contribution in [0.25, 0.3) is 0 Å². The molecule has 0 aromatic heterocycles. The fourth-order valence-corrected chi connectivity index (χ4v) is 4.91. The highest BCUT2D eigenvalue weighted by Crippen LogP contribution is 2.51. The van der Waals surface area contributed by atoms with Gasteiger partial charge in [-0.25, -0.2) is 8.78 Å². The van der Waals surface area contributed by atoms with Crippen molar-refractivity contribution in [1.29, 1.82) is 0 Å². The van der Waals surface area contributed by atoms with Crippen molar-refractivity contribution >= 4 is 5.91 Å². The SMILES string of the molecule is O=C1C[C@H]2N(Cc3ccc(F)cc3F)CC[C@]23OC[C@@H](c2ccccc2)N13. The summed E-state index contributed by atoms with van der Waals surface area (Å²) >= 11 is 0. The lowest BCUT2D eigenvalue weighted by Crippen LogP contribution is -2.48. The van der Waals surface area contributed by atoms with Crippen LogP contribution in [0, 0.1) is 11.6 Å². The van der Waals surface area contributed by atoms with Crippen LogP contribution < -0.4 is 0 Å². The second-order valence-corrected chi connectivity index (χ2v) is 7.52. The van der Waals surface area contributed by atoms with Crippen molar-refractivity contribution in [2.45, 2.75) is 37.2 Å². The van der Waals surface area contributed by atoms with E-state index in [0.29, 0.717) is 38.1 Å². The first-order valence-corrected chi connectivity index (χ1v) is 9.27. The number of hydrogen-bond donors (Lipinski definition) is 0. The second-order valence-electron chi connectivity index (χ2n) is 7.52. The van der Waals surface area contributed by atoms with Gasteiger partial charge in [0.25, 0.3) is 0 Å². The normalized spacial score (nSPS) is 30.0. The van der Waals surface area contributed by atoms with E-state index in [4.69, 9.17) is 4.74 Å². The van der Waals surface area contributed by atoms with Gasteiger partial charge in [0.2, 0.25) is 5.91 Å². The largest absolute Gasteiger partial charge is 0.351 e. The molecule has 3 heterocycles. The van der Waals surface area contributed by atoms with E-state index in [1.807, 2.05) is 35.2 Å². The number of likely N-dealkylation sites (tertiary alicyclic amines) is 1. The molecular formula is C21H20F2N2O2. The molecule has 3 aliphatic heterocycles. The highest BCUT2D eigenvalue weighted by molar-refractivity contribution is 5.82. The number of benzene rings is 2. The van der Waals surface area contributed by atoms with Crippen molar-refractivity contribution < 1.29 is 18.3 Å². The van der Waals surface area contributed by atoms with E-state index in [1.165, 1.54) is 12.1 Å². The van der Waals surface area contributed by atoms with Crippen LogP contribution in [0.3, 0.4) is 0 Å². The number of carbonyl (C=O) groups excluding carboxylic acids is 1. The Morgan fingerprint density at radius 3 is 2.74 bits per heavy atom. The minimum Gasteiger partial charge on any atom is -0.351 e. The molecular weight excluding hydrogens is 350 g/mol. The third-order valence-corrected chi connectivity index (χ3v) is 6.14. The molecule has 1 amide bonds. The average molecular weight is 370 g/mol. The number of nitrogens with zero attached hydrogens (tertiary/aromatic N) is 2. The van der Waals surface area contributed by atoms with Crippen LogP contribution in [0.2, 0.25) is 0 Å². The van der Waals surface area contributed by atoms with Gasteiger partial charge in [-0.15, -0.1) is 0 Å². The van der Waals surface area contributed by atoms with Crippen LogP contribution in [0.4, 0.5) is 8.78 Å². The first-order valence-electron chi connectivity index (χ1n) is 9.27. The van der Waals surface area contributed by atoms with Crippen molar-refractivity contribution in [2.24, 2.45) is 0 Å². The number of rotatable bonds is 3. The predicted molar refractivity (Wildman–Crippen MR) is 94.5 cm³/mol. The van der Waals surface area contributed by atoms with E-state index in [2.05, 4.69) is 4.90 Å². The zero-order valence-corrected chi connectivity index (χ0v) is 14.8. The van der Waals surface area contributed by atoms with Crippen molar-refractivity contribution in [3.05, 3.63) is 71.3 Å². The fourth-order valence-electron chi connectivity index (χ4n) is 4.91. The molecule has 0 bridgehead atoms. The molecule has 27 heavy (non-hydrogen) atoms. The van der Waals surface area contributed by atoms with E-state index in [1.54, 1.807) is 0 Å². The van der Waals surface area contributed by atoms with Gasteiger partial charge in [0.05, 0.1) is 18.7 Å². The quantitative estimate of drug-likeness (QED) is 0.832. The summed E-state index contributed by atoms with van der Waals surface area (Å²) in [5, 5.41) is 0. The summed E-state index contributed by atoms with van der Waals surface area (Å²) in [6, 6.07) is 13.4. The second kappa shape index (κ2) is 6.11. The Balaban J connectivity index is 1.42. The van der Waals surface area contributed by atoms with Gasteiger partial charge in [-0.05, 0) is 11.6 Å². The van der Waals surface area contributed by atoms with Gasteiger partial charge in [-0.2, -0.15) is 0 Å². The van der Waals surface area contributed by atoms with Crippen molar-refractivity contribution in [2.75, 3.05) is 13.2 Å². The van der Waals surface area contributed by atoms with Gasteiger partial charge in [0, 0.05) is 37.6 Å². The standard InChI is InChI=1S/C21H20F2N2O2/c22-16-7-6-15(17(23)10-16)12-24-9-8-21-19(24)11-20(26)25(21)18(13-27-21)14-4-2-1-3-5-14/h1-7,10,18-19H,8-9,11-13H2/t18-,19+,21-/m0/s1. The maximum atomic E-state index is 14.1. The van der Waals surface area contributed by atoms with E-state index >= 15 is 0 Å². The van der Waals surface area contributed by atoms with Crippen LogP contribution in [0.1, 0.15) is 30.0 Å². The van der Waals surface area contributed by atoms with Gasteiger partial charge >= 0.3 is 0 Å². The van der Waals surface area contributed by atoms with E-state index in [-0.39, 0.29) is 18.0 Å². The Labute approximate surface area is 156 Å². The molecule has 3 saturated heterocycles. The lowest BCUT2D eigenvalue weighted by Gasteiger charge is -2.33. The van der Waals surface area contributed by atoms with Crippen molar-refractivity contribution in [3.8, 4) is 0 Å². The molecule has 2 aromatic carbocycles. The summed E-state index contributed by atoms with van der Waals surface area (Å²) in [5.74, 6) is -1.05. The Morgan fingerprint density at radius 2 is 1.96 bits per heavy atom. The molecule has 4 nitrogen and oxygen atoms in total. The Morgan fingerprint density at radius 1 is 1.15 bits per heavy atom. The third kappa shape index (κ3) is 2.51. The zero-order valence-electron chi connectivity index (χ0n) is 14.8. The minimum absolute atomic E-state index is 0.0776. The van der Waals surface area contributed by atoms with Gasteiger partial charge in [0.15, 0.2) is 5.72 Å². The van der Waals surface area contributed by atoms with E-state index < -0.39 is 17.4 Å². The first kappa shape index (κ1) is 16.8. The van der Waals surface area contributed by atoms with Gasteiger partial charge in [-0.3, -0.25) is 9.69 Å². The summed E-state index contributed by atoms with van der Waals surface area (Å²) in [6.07, 6.45) is 1.07. The average Bonchev–Trinajstić information content (AvgIpc) is 3.28. The molecule has 5 rings (SSSR count). The fraction of sp³-hybridized carbons (Fsp3) is 0.381. The predicted octanol–water partition coefficient (Wildman–Crippen LogP) is 3.24. The molecule has 0 unspecified atom stereocenters. The molecule has 3 atom stereocenters. The van der Waals surface area contributed by atoms with Crippen molar-refractivity contribution in [3.63, 3.8) is 0 Å². The topological polar surface area (TPSA) is 32.8 Å². The summed E-state index contributed by atoms with van der Waals surface area (Å²) in [4.78, 5) is 16.9. The number of hydrogen-bond acceptors (Lipinski definition) is 3. The maximum absolute atomic E-state index is 14.1. The summed E-state index contributed by atoms with van der Waals surface area (Å²) in [5.41, 5.74) is 0.886. The van der Waals surface area contributed by atoms with Crippen LogP contribution in [-0.4, -0.2) is 40.6 Å². The first-order chi connectivity index (χ1) is 13.1. The number of amides is 1. The maximum Gasteiger partial charge on any atom is 0.227 e. The van der Waals surface area contributed by atoms with E-state index in [0.717, 1.165) is 11.6 Å². The van der Waals surface area contributed by atoms with Crippen LogP contribution in [0.5, 0.6) is 0 Å². The molecule has 3 fully saturated rings. The molecule has 0 aliphatic carbocycles. The number of carbonyl (C=O) groups is 1. The lowest BCUT2D eigenvalue weighted by atomic mass is 10.0. The molecule has 3 aliphatic rings. The minimum atomic E-state index is -0.631. The monoisotopic (exact) mass is 370 g/mol. The molecule has 6 heteroatoms. The molecule has 140 valence electrons. The Hall–Kier alpha value is -2.31. The molecule has 0 saturated carbocycles. The molecule has 2 aromatic rings. The van der Waals surface area contributed by atoms with Gasteiger partial charge < -0.3 is 9.64 Å². The summed E-state index contributed by atoms with van der Waals surface area (Å²) < 4.78 is 33.5. The smallest absolute Gasteiger partial charge is 0.227 e. The van der Waals surface area contributed by atoms with Crippen molar-refractivity contribution in [1.82, 2.24) is 9.80 Å². The Kier molecular flexibility index (Phi) is 3.81. The van der Waals surface area contributed by atoms with Crippen LogP contribution >= 0.6 is 0 Å². The van der Waals surface area contributed by atoms with Crippen LogP contribution in [-0.2, 0) is 16.1 Å². The lowest BCUT2D eigenvalue weighted by molar-refractivity contribution is -0.138. The third-order valence-electron chi connectivity index (χ3n) is 6.14. The molecule has 1 spiro atoms. The highest BCUT2D eigenvalue weighted by atomic mass is 19.1. The Bertz CT molecular complexity index is 891. The number of halogens is 2.